The minimum Gasteiger partial charge on any atom is -0.393 e. The van der Waals surface area contributed by atoms with E-state index in [2.05, 4.69) is 15.0 Å². The molecule has 0 aromatic carbocycles. The summed E-state index contributed by atoms with van der Waals surface area (Å²) in [4.78, 5) is 14.1. The summed E-state index contributed by atoms with van der Waals surface area (Å²) in [5.41, 5.74) is 4.80. The molecule has 2 aromatic heterocycles. The van der Waals surface area contributed by atoms with E-state index >= 15 is 0 Å². The zero-order chi connectivity index (χ0) is 17.6. The highest BCUT2D eigenvalue weighted by atomic mass is 35.5. The van der Waals surface area contributed by atoms with Crippen LogP contribution in [0.2, 0.25) is 0 Å². The summed E-state index contributed by atoms with van der Waals surface area (Å²) < 4.78 is 21.5. The molecule has 4 N–H and O–H groups in total. The number of hydrogen-bond donors (Lipinski definition) is 3. The van der Waals surface area contributed by atoms with E-state index < -0.39 is 30.7 Å². The first kappa shape index (κ1) is 17.1. The first-order valence-electron chi connectivity index (χ1n) is 7.19. The van der Waals surface area contributed by atoms with Crippen molar-refractivity contribution < 1.29 is 19.3 Å². The van der Waals surface area contributed by atoms with Crippen LogP contribution in [0.15, 0.2) is 6.33 Å². The Morgan fingerprint density at radius 1 is 1.50 bits per heavy atom. The number of nitrogen functional groups attached to an aromatic ring is 1. The lowest BCUT2D eigenvalue weighted by Crippen LogP contribution is -2.47. The van der Waals surface area contributed by atoms with Crippen LogP contribution in [0.25, 0.3) is 11.2 Å². The number of rotatable bonds is 4. The zero-order valence-corrected chi connectivity index (χ0v) is 13.9. The maximum absolute atomic E-state index is 14.6. The third-order valence-electron chi connectivity index (χ3n) is 4.08. The molecule has 24 heavy (non-hydrogen) atoms. The number of nitrogens with zero attached hydrogens (tertiary/aromatic N) is 5. The van der Waals surface area contributed by atoms with Crippen molar-refractivity contribution in [1.82, 2.24) is 19.5 Å². The van der Waals surface area contributed by atoms with Gasteiger partial charge in [0.15, 0.2) is 29.4 Å². The van der Waals surface area contributed by atoms with Crippen LogP contribution in [0.3, 0.4) is 0 Å². The van der Waals surface area contributed by atoms with Gasteiger partial charge in [-0.05, 0) is 0 Å². The molecule has 4 atom stereocenters. The van der Waals surface area contributed by atoms with Gasteiger partial charge in [-0.2, -0.15) is 9.97 Å². The number of aliphatic hydroxyl groups is 2. The summed E-state index contributed by atoms with van der Waals surface area (Å²) in [7, 11) is 3.52. The molecule has 0 aliphatic carbocycles. The van der Waals surface area contributed by atoms with E-state index in [1.807, 2.05) is 0 Å². The van der Waals surface area contributed by atoms with Crippen molar-refractivity contribution in [2.75, 3.05) is 37.2 Å². The Balaban J connectivity index is 2.11. The van der Waals surface area contributed by atoms with Gasteiger partial charge in [0.25, 0.3) is 0 Å². The highest BCUT2D eigenvalue weighted by Crippen LogP contribution is 2.41. The highest BCUT2D eigenvalue weighted by molar-refractivity contribution is 6.18. The fraction of sp³-hybridized carbons (Fsp3) is 0.615. The number of imidazole rings is 1. The molecule has 0 radical (unpaired) electrons. The van der Waals surface area contributed by atoms with Crippen LogP contribution in [0.4, 0.5) is 16.2 Å². The number of alkyl halides is 2. The van der Waals surface area contributed by atoms with Gasteiger partial charge in [0.1, 0.15) is 11.7 Å². The molecule has 0 bridgehead atoms. The largest absolute Gasteiger partial charge is 0.393 e. The second-order valence-corrected chi connectivity index (χ2v) is 6.15. The standard InChI is InChI=1S/C13H18ClFN6O3/c1-20(2)9-7-10(19-12(16)18-9)21(5-17-7)11-6(15)8(23)13(3-14,4-22)24-11/h5-6,8,11,22-23H,3-4H2,1-2H3,(H2,16,18,19)/t6-,8+,11-,13-/m1/s1. The fourth-order valence-electron chi connectivity index (χ4n) is 2.73. The quantitative estimate of drug-likeness (QED) is 0.633. The van der Waals surface area contributed by atoms with Crippen molar-refractivity contribution in [2.45, 2.75) is 24.1 Å². The Hall–Kier alpha value is -1.75. The van der Waals surface area contributed by atoms with E-state index in [1.165, 1.54) is 10.9 Å². The van der Waals surface area contributed by atoms with Crippen LogP contribution < -0.4 is 10.6 Å². The first-order chi connectivity index (χ1) is 11.3. The Labute approximate surface area is 141 Å². The molecule has 1 aliphatic rings. The fourth-order valence-corrected chi connectivity index (χ4v) is 3.04. The zero-order valence-electron chi connectivity index (χ0n) is 13.1. The topological polar surface area (TPSA) is 123 Å². The lowest BCUT2D eigenvalue weighted by molar-refractivity contribution is -0.113. The van der Waals surface area contributed by atoms with Gasteiger partial charge in [-0.15, -0.1) is 11.6 Å². The molecule has 11 heteroatoms. The maximum atomic E-state index is 14.6. The molecule has 1 saturated heterocycles. The summed E-state index contributed by atoms with van der Waals surface area (Å²) in [6, 6.07) is 0. The van der Waals surface area contributed by atoms with E-state index in [4.69, 9.17) is 22.1 Å². The lowest BCUT2D eigenvalue weighted by Gasteiger charge is -2.26. The minimum atomic E-state index is -1.83. The highest BCUT2D eigenvalue weighted by Gasteiger charge is 2.55. The van der Waals surface area contributed by atoms with Crippen LogP contribution in [-0.4, -0.2) is 74.2 Å². The smallest absolute Gasteiger partial charge is 0.224 e. The first-order valence-corrected chi connectivity index (χ1v) is 7.72. The number of anilines is 2. The van der Waals surface area contributed by atoms with Gasteiger partial charge in [-0.25, -0.2) is 9.37 Å². The van der Waals surface area contributed by atoms with Crippen molar-refractivity contribution in [3.8, 4) is 0 Å². The third kappa shape index (κ3) is 2.37. The normalized spacial score (nSPS) is 30.2. The molecule has 3 heterocycles. The van der Waals surface area contributed by atoms with Crippen LogP contribution in [0.5, 0.6) is 0 Å². The average molecular weight is 361 g/mol. The van der Waals surface area contributed by atoms with Gasteiger partial charge < -0.3 is 25.6 Å². The van der Waals surface area contributed by atoms with Crippen molar-refractivity contribution in [3.05, 3.63) is 6.33 Å². The summed E-state index contributed by atoms with van der Waals surface area (Å²) in [6.45, 7) is -0.624. The SMILES string of the molecule is CN(C)c1nc(N)nc2c1ncn2[C@@H]1O[C@@](CO)(CCl)[C@@H](O)[C@H]1F. The molecule has 2 aromatic rings. The monoisotopic (exact) mass is 360 g/mol. The molecule has 3 rings (SSSR count). The maximum Gasteiger partial charge on any atom is 0.224 e. The van der Waals surface area contributed by atoms with Gasteiger partial charge in [0.2, 0.25) is 5.95 Å². The Bertz CT molecular complexity index is 753. The predicted octanol–water partition coefficient (Wildman–Crippen LogP) is -0.328. The van der Waals surface area contributed by atoms with Crippen molar-refractivity contribution in [3.63, 3.8) is 0 Å². The number of halogens is 2. The summed E-state index contributed by atoms with van der Waals surface area (Å²) in [6.07, 6.45) is -3.33. The average Bonchev–Trinajstić information content (AvgIpc) is 3.07. The molecule has 0 saturated carbocycles. The molecular formula is C13H18ClFN6O3. The molecular weight excluding hydrogens is 343 g/mol. The van der Waals surface area contributed by atoms with Gasteiger partial charge >= 0.3 is 0 Å². The second-order valence-electron chi connectivity index (χ2n) is 5.88. The molecule has 1 aliphatic heterocycles. The van der Waals surface area contributed by atoms with Gasteiger partial charge in [-0.1, -0.05) is 0 Å². The minimum absolute atomic E-state index is 0.00679. The van der Waals surface area contributed by atoms with Crippen LogP contribution in [0, 0.1) is 0 Å². The van der Waals surface area contributed by atoms with Gasteiger partial charge in [-0.3, -0.25) is 4.57 Å². The van der Waals surface area contributed by atoms with Crippen molar-refractivity contribution in [1.29, 1.82) is 0 Å². The van der Waals surface area contributed by atoms with E-state index in [-0.39, 0.29) is 17.5 Å². The lowest BCUT2D eigenvalue weighted by atomic mass is 9.99. The Morgan fingerprint density at radius 3 is 2.75 bits per heavy atom. The van der Waals surface area contributed by atoms with Crippen LogP contribution >= 0.6 is 11.6 Å². The summed E-state index contributed by atoms with van der Waals surface area (Å²) >= 11 is 5.77. The van der Waals surface area contributed by atoms with E-state index in [1.54, 1.807) is 19.0 Å². The van der Waals surface area contributed by atoms with Crippen LogP contribution in [-0.2, 0) is 4.74 Å². The summed E-state index contributed by atoms with van der Waals surface area (Å²) in [5, 5.41) is 19.6. The predicted molar refractivity (Wildman–Crippen MR) is 85.6 cm³/mol. The number of nitrogens with two attached hydrogens (primary N) is 1. The molecule has 0 unspecified atom stereocenters. The van der Waals surface area contributed by atoms with Crippen LogP contribution in [0.1, 0.15) is 6.23 Å². The van der Waals surface area contributed by atoms with Gasteiger partial charge in [0, 0.05) is 14.1 Å². The molecule has 0 amide bonds. The van der Waals surface area contributed by atoms with Crippen molar-refractivity contribution in [2.24, 2.45) is 0 Å². The second kappa shape index (κ2) is 5.96. The Morgan fingerprint density at radius 2 is 2.21 bits per heavy atom. The molecule has 9 nitrogen and oxygen atoms in total. The number of ether oxygens (including phenoxy) is 1. The summed E-state index contributed by atoms with van der Waals surface area (Å²) in [5.74, 6) is 0.192. The molecule has 132 valence electrons. The molecule has 0 spiro atoms. The van der Waals surface area contributed by atoms with Gasteiger partial charge in [0.05, 0.1) is 18.8 Å². The number of fused-ring (bicyclic) bond motifs is 1. The number of aromatic nitrogens is 4. The Kier molecular flexibility index (Phi) is 4.24. The third-order valence-corrected chi connectivity index (χ3v) is 4.53. The van der Waals surface area contributed by atoms with E-state index in [0.717, 1.165) is 0 Å². The number of hydrogen-bond acceptors (Lipinski definition) is 8. The van der Waals surface area contributed by atoms with Crippen molar-refractivity contribution >= 4 is 34.5 Å². The van der Waals surface area contributed by atoms with E-state index in [9.17, 15) is 14.6 Å². The van der Waals surface area contributed by atoms with E-state index in [0.29, 0.717) is 11.3 Å². The number of aliphatic hydroxyl groups excluding tert-OH is 2. The molecule has 1 fully saturated rings.